The molecule has 0 fully saturated rings. The van der Waals surface area contributed by atoms with E-state index >= 15 is 0 Å². The number of halogens is 1. The lowest BCUT2D eigenvalue weighted by Gasteiger charge is -1.95. The van der Waals surface area contributed by atoms with Gasteiger partial charge >= 0.3 is 5.91 Å². The fraction of sp³-hybridized carbons (Fsp3) is 0.0625. The van der Waals surface area contributed by atoms with Crippen LogP contribution in [0.1, 0.15) is 5.56 Å². The summed E-state index contributed by atoms with van der Waals surface area (Å²) >= 11 is 0. The van der Waals surface area contributed by atoms with Crippen molar-refractivity contribution in [3.05, 3.63) is 72.6 Å². The van der Waals surface area contributed by atoms with Crippen LogP contribution in [-0.4, -0.2) is 12.1 Å². The van der Waals surface area contributed by atoms with Crippen molar-refractivity contribution in [3.63, 3.8) is 0 Å². The minimum absolute atomic E-state index is 0. The number of carbonyl (C=O) groups excluding carboxylic acids is 1. The molecule has 1 amide bonds. The van der Waals surface area contributed by atoms with E-state index in [0.717, 1.165) is 5.56 Å². The first-order valence-corrected chi connectivity index (χ1v) is 6.32. The fourth-order valence-corrected chi connectivity index (χ4v) is 1.61. The van der Waals surface area contributed by atoms with E-state index in [9.17, 15) is 4.79 Å². The molecule has 108 valence electrons. The molecule has 2 aromatic rings. The Bertz CT molecular complexity index is 597. The summed E-state index contributed by atoms with van der Waals surface area (Å²) in [6.07, 6.45) is 8.92. The van der Waals surface area contributed by atoms with Gasteiger partial charge in [-0.3, -0.25) is 4.79 Å². The molecule has 21 heavy (non-hydrogen) atoms. The predicted octanol–water partition coefficient (Wildman–Crippen LogP) is -1.21. The largest absolute Gasteiger partial charge is 1.00 e. The summed E-state index contributed by atoms with van der Waals surface area (Å²) in [5.41, 5.74) is 3.56. The number of carbonyl (C=O) groups is 1. The highest BCUT2D eigenvalue weighted by molar-refractivity contribution is 5.80. The predicted molar refractivity (Wildman–Crippen MR) is 78.7 cm³/mol. The summed E-state index contributed by atoms with van der Waals surface area (Å²) in [5.74, 6) is -0.162. The summed E-state index contributed by atoms with van der Waals surface area (Å²) < 4.78 is 1.78. The number of amides is 1. The third-order valence-electron chi connectivity index (χ3n) is 2.54. The second kappa shape index (κ2) is 9.44. The van der Waals surface area contributed by atoms with E-state index in [-0.39, 0.29) is 24.9 Å². The average molecular weight is 302 g/mol. The molecule has 0 saturated carbocycles. The van der Waals surface area contributed by atoms with Crippen LogP contribution in [0.5, 0.6) is 0 Å². The Morgan fingerprint density at radius 3 is 2.48 bits per heavy atom. The van der Waals surface area contributed by atoms with Crippen molar-refractivity contribution in [2.45, 2.75) is 6.54 Å². The van der Waals surface area contributed by atoms with Gasteiger partial charge in [-0.15, -0.1) is 0 Å². The quantitative estimate of drug-likeness (QED) is 0.421. The van der Waals surface area contributed by atoms with Crippen LogP contribution in [-0.2, 0) is 11.3 Å². The normalized spacial score (nSPS) is 10.5. The lowest BCUT2D eigenvalue weighted by molar-refractivity contribution is -0.684. The molecule has 2 rings (SSSR count). The Labute approximate surface area is 130 Å². The summed E-state index contributed by atoms with van der Waals surface area (Å²) in [5, 5.41) is 3.86. The average Bonchev–Trinajstić information content (AvgIpc) is 2.49. The number of benzene rings is 1. The molecule has 0 aliphatic carbocycles. The number of nitrogens with zero attached hydrogens (tertiary/aromatic N) is 2. The number of aromatic nitrogens is 1. The van der Waals surface area contributed by atoms with Crippen LogP contribution < -0.4 is 22.4 Å². The molecule has 0 aliphatic rings. The van der Waals surface area contributed by atoms with Crippen LogP contribution in [0.2, 0.25) is 0 Å². The van der Waals surface area contributed by atoms with Gasteiger partial charge in [0.2, 0.25) is 6.54 Å². The molecule has 0 radical (unpaired) electrons. The van der Waals surface area contributed by atoms with Crippen LogP contribution in [0.25, 0.3) is 6.08 Å². The monoisotopic (exact) mass is 301 g/mol. The number of hydrogen-bond donors (Lipinski definition) is 1. The highest BCUT2D eigenvalue weighted by Gasteiger charge is 2.05. The van der Waals surface area contributed by atoms with E-state index in [4.69, 9.17) is 0 Å². The van der Waals surface area contributed by atoms with Gasteiger partial charge in [-0.25, -0.2) is 5.43 Å². The molecule has 1 N–H and O–H groups in total. The van der Waals surface area contributed by atoms with Crippen molar-refractivity contribution in [2.24, 2.45) is 5.10 Å². The summed E-state index contributed by atoms with van der Waals surface area (Å²) in [6.45, 7) is 0.251. The number of hydrazone groups is 1. The molecule has 0 atom stereocenters. The van der Waals surface area contributed by atoms with Crippen molar-refractivity contribution < 1.29 is 21.8 Å². The number of nitrogens with one attached hydrogen (secondary N) is 1. The first-order chi connectivity index (χ1) is 9.84. The van der Waals surface area contributed by atoms with Gasteiger partial charge in [0.15, 0.2) is 12.4 Å². The molecule has 1 aromatic carbocycles. The zero-order valence-electron chi connectivity index (χ0n) is 11.4. The van der Waals surface area contributed by atoms with Crippen LogP contribution >= 0.6 is 0 Å². The van der Waals surface area contributed by atoms with Gasteiger partial charge in [0.1, 0.15) is 0 Å². The molecule has 4 nitrogen and oxygen atoms in total. The van der Waals surface area contributed by atoms with Gasteiger partial charge in [0.05, 0.1) is 0 Å². The third kappa shape index (κ3) is 6.49. The van der Waals surface area contributed by atoms with E-state index in [1.54, 1.807) is 16.9 Å². The van der Waals surface area contributed by atoms with Gasteiger partial charge < -0.3 is 12.4 Å². The van der Waals surface area contributed by atoms with Crippen LogP contribution in [0.15, 0.2) is 72.1 Å². The second-order valence-corrected chi connectivity index (χ2v) is 4.13. The Hall–Kier alpha value is -2.46. The maximum Gasteiger partial charge on any atom is 0.305 e. The molecular weight excluding hydrogens is 286 g/mol. The van der Waals surface area contributed by atoms with Crippen molar-refractivity contribution >= 4 is 18.2 Å². The molecule has 0 unspecified atom stereocenters. The Morgan fingerprint density at radius 1 is 1.10 bits per heavy atom. The van der Waals surface area contributed by atoms with Crippen LogP contribution in [0, 0.1) is 0 Å². The van der Waals surface area contributed by atoms with E-state index in [1.165, 1.54) is 0 Å². The third-order valence-corrected chi connectivity index (χ3v) is 2.54. The van der Waals surface area contributed by atoms with Crippen LogP contribution in [0.4, 0.5) is 0 Å². The van der Waals surface area contributed by atoms with Crippen molar-refractivity contribution in [1.29, 1.82) is 0 Å². The molecule has 0 spiro atoms. The number of pyridine rings is 1. The smallest absolute Gasteiger partial charge is 0.305 e. The Kier molecular flexibility index (Phi) is 7.46. The second-order valence-electron chi connectivity index (χ2n) is 4.13. The zero-order chi connectivity index (χ0) is 14.0. The van der Waals surface area contributed by atoms with Gasteiger partial charge in [-0.2, -0.15) is 9.67 Å². The molecule has 0 saturated heterocycles. The molecule has 1 aromatic heterocycles. The maximum atomic E-state index is 11.6. The Morgan fingerprint density at radius 2 is 1.76 bits per heavy atom. The van der Waals surface area contributed by atoms with Gasteiger partial charge in [-0.05, 0) is 11.6 Å². The van der Waals surface area contributed by atoms with Gasteiger partial charge in [0.25, 0.3) is 0 Å². The fourth-order valence-electron chi connectivity index (χ4n) is 1.61. The topological polar surface area (TPSA) is 45.3 Å². The number of allylic oxidation sites excluding steroid dienone is 1. The zero-order valence-corrected chi connectivity index (χ0v) is 12.1. The Balaban J connectivity index is 0.00000220. The lowest BCUT2D eigenvalue weighted by Crippen LogP contribution is -3.00. The van der Waals surface area contributed by atoms with Crippen LogP contribution in [0.3, 0.4) is 0 Å². The van der Waals surface area contributed by atoms with E-state index < -0.39 is 0 Å². The number of rotatable bonds is 5. The van der Waals surface area contributed by atoms with E-state index in [0.29, 0.717) is 0 Å². The summed E-state index contributed by atoms with van der Waals surface area (Å²) in [6, 6.07) is 15.5. The highest BCUT2D eigenvalue weighted by atomic mass is 35.5. The maximum absolute atomic E-state index is 11.6. The molecule has 0 bridgehead atoms. The molecular formula is C16H16ClN3O. The summed E-state index contributed by atoms with van der Waals surface area (Å²) in [7, 11) is 0. The molecule has 5 heteroatoms. The van der Waals surface area contributed by atoms with Gasteiger partial charge in [-0.1, -0.05) is 42.5 Å². The van der Waals surface area contributed by atoms with Crippen molar-refractivity contribution in [2.75, 3.05) is 0 Å². The molecule has 0 aliphatic heterocycles. The molecule has 1 heterocycles. The minimum Gasteiger partial charge on any atom is -1.00 e. The summed E-state index contributed by atoms with van der Waals surface area (Å²) in [4.78, 5) is 11.6. The first kappa shape index (κ1) is 16.6. The van der Waals surface area contributed by atoms with Crippen molar-refractivity contribution in [3.8, 4) is 0 Å². The minimum atomic E-state index is -0.162. The van der Waals surface area contributed by atoms with Gasteiger partial charge in [0, 0.05) is 18.3 Å². The van der Waals surface area contributed by atoms with E-state index in [2.05, 4.69) is 10.5 Å². The first-order valence-electron chi connectivity index (χ1n) is 6.32. The highest BCUT2D eigenvalue weighted by Crippen LogP contribution is 1.99. The lowest BCUT2D eigenvalue weighted by atomic mass is 10.2. The number of hydrogen-bond acceptors (Lipinski definition) is 2. The standard InChI is InChI=1S/C16H15N3O.ClH/c20-16(14-19-12-5-2-6-13-19)18-17-11-7-10-15-8-3-1-4-9-15;/h1-13H,14H2;1H/b10-7+,17-11-;. The van der Waals surface area contributed by atoms with Crippen molar-refractivity contribution in [1.82, 2.24) is 5.43 Å². The SMILES string of the molecule is O=C(C[n+]1ccccc1)N/N=C\C=C\c1ccccc1.[Cl-]. The van der Waals surface area contributed by atoms with E-state index in [1.807, 2.05) is 67.0 Å².